The van der Waals surface area contributed by atoms with Crippen LogP contribution in [0.5, 0.6) is 0 Å². The number of carbonyl (C=O) groups excluding carboxylic acids is 1. The van der Waals surface area contributed by atoms with E-state index >= 15 is 0 Å². The Morgan fingerprint density at radius 2 is 2.00 bits per heavy atom. The molecule has 0 aliphatic rings. The molecule has 2 nitrogen and oxygen atoms in total. The maximum atomic E-state index is 10.3. The summed E-state index contributed by atoms with van der Waals surface area (Å²) >= 11 is 0. The van der Waals surface area contributed by atoms with Gasteiger partial charge in [0.15, 0.2) is 0 Å². The molecule has 0 spiro atoms. The van der Waals surface area contributed by atoms with E-state index in [0.717, 1.165) is 5.56 Å². The summed E-state index contributed by atoms with van der Waals surface area (Å²) < 4.78 is 0. The van der Waals surface area contributed by atoms with Crippen LogP contribution in [0, 0.1) is 0 Å². The van der Waals surface area contributed by atoms with Crippen LogP contribution < -0.4 is 5.73 Å². The molecule has 0 bridgehead atoms. The summed E-state index contributed by atoms with van der Waals surface area (Å²) in [5.41, 5.74) is 8.55. The van der Waals surface area contributed by atoms with Crippen LogP contribution in [0.1, 0.15) is 5.56 Å². The molecule has 2 heteroatoms. The summed E-state index contributed by atoms with van der Waals surface area (Å²) in [6.07, 6.45) is 2.90. The minimum atomic E-state index is -0.484. The van der Waals surface area contributed by atoms with Gasteiger partial charge < -0.3 is 5.73 Å². The van der Waals surface area contributed by atoms with Crippen LogP contribution >= 0.6 is 0 Å². The quantitative estimate of drug-likeness (QED) is 0.513. The van der Waals surface area contributed by atoms with E-state index in [0.29, 0.717) is 0 Å². The minimum absolute atomic E-state index is 0.484. The molecule has 0 saturated heterocycles. The molecule has 0 saturated carbocycles. The molecule has 2 N–H and O–H groups in total. The Morgan fingerprint density at radius 1 is 1.33 bits per heavy atom. The number of hydrogen-bond donors (Lipinski definition) is 1. The number of hydrogen-bond acceptors (Lipinski definition) is 1. The van der Waals surface area contributed by atoms with Gasteiger partial charge in [-0.2, -0.15) is 0 Å². The monoisotopic (exact) mass is 159 g/mol. The van der Waals surface area contributed by atoms with E-state index in [1.165, 1.54) is 6.08 Å². The van der Waals surface area contributed by atoms with Crippen molar-refractivity contribution in [1.29, 1.82) is 0 Å². The molecule has 60 valence electrons. The smallest absolute Gasteiger partial charge is 0.249 e. The highest BCUT2D eigenvalue weighted by Gasteiger charge is 1.80. The normalized spacial score (nSPS) is 8.33. The molecule has 1 amide bonds. The van der Waals surface area contributed by atoms with Crippen molar-refractivity contribution in [2.45, 2.75) is 0 Å². The lowest BCUT2D eigenvalue weighted by Gasteiger charge is -1.85. The highest BCUT2D eigenvalue weighted by molar-refractivity contribution is 5.86. The molecule has 0 aromatic heterocycles. The SMILES string of the molecule is NC(=O)C=C=Cc1ccccc1. The largest absolute Gasteiger partial charge is 0.366 e. The van der Waals surface area contributed by atoms with Gasteiger partial charge in [-0.15, -0.1) is 5.73 Å². The molecule has 0 aliphatic heterocycles. The van der Waals surface area contributed by atoms with Crippen molar-refractivity contribution in [3.8, 4) is 0 Å². The van der Waals surface area contributed by atoms with Crippen molar-refractivity contribution in [2.24, 2.45) is 5.73 Å². The van der Waals surface area contributed by atoms with Crippen LogP contribution in [0.15, 0.2) is 42.1 Å². The lowest BCUT2D eigenvalue weighted by atomic mass is 10.2. The molecular formula is C10H9NO. The zero-order chi connectivity index (χ0) is 8.81. The number of nitrogens with two attached hydrogens (primary N) is 1. The van der Waals surface area contributed by atoms with E-state index in [-0.39, 0.29) is 0 Å². The standard InChI is InChI=1S/C10H9NO/c11-10(12)8-4-7-9-5-2-1-3-6-9/h1-3,5-8H,(H2,11,12). The Balaban J connectivity index is 2.77. The van der Waals surface area contributed by atoms with Crippen LogP contribution in [0.3, 0.4) is 0 Å². The van der Waals surface area contributed by atoms with E-state index in [1.54, 1.807) is 6.08 Å². The Morgan fingerprint density at radius 3 is 2.58 bits per heavy atom. The van der Waals surface area contributed by atoms with Crippen molar-refractivity contribution in [3.63, 3.8) is 0 Å². The number of benzene rings is 1. The van der Waals surface area contributed by atoms with Gasteiger partial charge in [-0.3, -0.25) is 4.79 Å². The Hall–Kier alpha value is -1.79. The van der Waals surface area contributed by atoms with Crippen molar-refractivity contribution < 1.29 is 4.79 Å². The van der Waals surface area contributed by atoms with Crippen molar-refractivity contribution in [1.82, 2.24) is 0 Å². The fourth-order valence-electron chi connectivity index (χ4n) is 0.769. The number of primary amides is 1. The second-order valence-electron chi connectivity index (χ2n) is 2.27. The summed E-state index contributed by atoms with van der Waals surface area (Å²) in [5.74, 6) is -0.484. The van der Waals surface area contributed by atoms with Crippen molar-refractivity contribution in [3.05, 3.63) is 47.7 Å². The maximum absolute atomic E-state index is 10.3. The third kappa shape index (κ3) is 2.86. The fourth-order valence-corrected chi connectivity index (χ4v) is 0.769. The molecule has 0 fully saturated rings. The lowest BCUT2D eigenvalue weighted by Crippen LogP contribution is -2.04. The predicted octanol–water partition coefficient (Wildman–Crippen LogP) is 1.34. The van der Waals surface area contributed by atoms with Crippen molar-refractivity contribution >= 4 is 12.0 Å². The molecule has 0 heterocycles. The third-order valence-corrected chi connectivity index (χ3v) is 1.28. The van der Waals surface area contributed by atoms with Gasteiger partial charge in [0.25, 0.3) is 0 Å². The second kappa shape index (κ2) is 4.16. The lowest BCUT2D eigenvalue weighted by molar-refractivity contribution is -0.113. The second-order valence-corrected chi connectivity index (χ2v) is 2.27. The first-order valence-electron chi connectivity index (χ1n) is 3.56. The summed E-state index contributed by atoms with van der Waals surface area (Å²) in [4.78, 5) is 10.3. The minimum Gasteiger partial charge on any atom is -0.366 e. The molecule has 0 unspecified atom stereocenters. The van der Waals surface area contributed by atoms with Gasteiger partial charge in [0, 0.05) is 6.08 Å². The predicted molar refractivity (Wildman–Crippen MR) is 48.2 cm³/mol. The zero-order valence-corrected chi connectivity index (χ0v) is 6.53. The van der Waals surface area contributed by atoms with E-state index in [4.69, 9.17) is 5.73 Å². The van der Waals surface area contributed by atoms with E-state index in [2.05, 4.69) is 5.73 Å². The van der Waals surface area contributed by atoms with Gasteiger partial charge in [0.1, 0.15) is 0 Å². The number of carbonyl (C=O) groups is 1. The number of amides is 1. The van der Waals surface area contributed by atoms with Crippen LogP contribution in [0.4, 0.5) is 0 Å². The molecule has 1 rings (SSSR count). The first-order chi connectivity index (χ1) is 5.79. The van der Waals surface area contributed by atoms with Crippen LogP contribution in [-0.4, -0.2) is 5.91 Å². The van der Waals surface area contributed by atoms with Gasteiger partial charge in [-0.05, 0) is 11.6 Å². The molecule has 0 radical (unpaired) electrons. The molecular weight excluding hydrogens is 150 g/mol. The van der Waals surface area contributed by atoms with Gasteiger partial charge in [-0.1, -0.05) is 30.3 Å². The van der Waals surface area contributed by atoms with E-state index in [9.17, 15) is 4.79 Å². The summed E-state index contributed by atoms with van der Waals surface area (Å²) in [7, 11) is 0. The third-order valence-electron chi connectivity index (χ3n) is 1.28. The molecule has 0 atom stereocenters. The Labute approximate surface area is 71.0 Å². The maximum Gasteiger partial charge on any atom is 0.249 e. The van der Waals surface area contributed by atoms with Gasteiger partial charge >= 0.3 is 0 Å². The molecule has 12 heavy (non-hydrogen) atoms. The zero-order valence-electron chi connectivity index (χ0n) is 6.53. The van der Waals surface area contributed by atoms with E-state index in [1.807, 2.05) is 30.3 Å². The number of rotatable bonds is 2. The van der Waals surface area contributed by atoms with Gasteiger partial charge in [0.05, 0.1) is 0 Å². The summed E-state index contributed by atoms with van der Waals surface area (Å²) in [5, 5.41) is 0. The highest BCUT2D eigenvalue weighted by Crippen LogP contribution is 1.98. The molecule has 1 aromatic rings. The van der Waals surface area contributed by atoms with Crippen molar-refractivity contribution in [2.75, 3.05) is 0 Å². The summed E-state index contributed by atoms with van der Waals surface area (Å²) in [6, 6.07) is 9.59. The Bertz CT molecular complexity index is 321. The highest BCUT2D eigenvalue weighted by atomic mass is 16.1. The first kappa shape index (κ1) is 8.31. The van der Waals surface area contributed by atoms with Gasteiger partial charge in [0.2, 0.25) is 5.91 Å². The molecule has 0 aliphatic carbocycles. The Kier molecular flexibility index (Phi) is 2.88. The topological polar surface area (TPSA) is 43.1 Å². The van der Waals surface area contributed by atoms with E-state index < -0.39 is 5.91 Å². The average molecular weight is 159 g/mol. The fraction of sp³-hybridized carbons (Fsp3) is 0. The molecule has 1 aromatic carbocycles. The van der Waals surface area contributed by atoms with Crippen LogP contribution in [-0.2, 0) is 4.79 Å². The first-order valence-corrected chi connectivity index (χ1v) is 3.56. The van der Waals surface area contributed by atoms with Gasteiger partial charge in [-0.25, -0.2) is 0 Å². The van der Waals surface area contributed by atoms with Crippen LogP contribution in [0.2, 0.25) is 0 Å². The summed E-state index contributed by atoms with van der Waals surface area (Å²) in [6.45, 7) is 0. The van der Waals surface area contributed by atoms with Crippen LogP contribution in [0.25, 0.3) is 6.08 Å². The average Bonchev–Trinajstić information content (AvgIpc) is 2.05.